The van der Waals surface area contributed by atoms with Crippen LogP contribution < -0.4 is 10.6 Å². The van der Waals surface area contributed by atoms with Crippen molar-refractivity contribution in [2.24, 2.45) is 5.73 Å². The zero-order valence-corrected chi connectivity index (χ0v) is 10.5. The van der Waals surface area contributed by atoms with Gasteiger partial charge in [-0.3, -0.25) is 4.79 Å². The van der Waals surface area contributed by atoms with E-state index < -0.39 is 23.6 Å². The van der Waals surface area contributed by atoms with Gasteiger partial charge in [0.15, 0.2) is 11.6 Å². The molecule has 0 spiro atoms. The minimum atomic E-state index is -0.765. The Bertz CT molecular complexity index is 444. The van der Waals surface area contributed by atoms with Gasteiger partial charge in [0, 0.05) is 11.0 Å². The van der Waals surface area contributed by atoms with Crippen molar-refractivity contribution in [2.75, 3.05) is 11.4 Å². The number of hydrogen-bond donors (Lipinski definition) is 1. The summed E-state index contributed by atoms with van der Waals surface area (Å²) in [4.78, 5) is 12.9. The Morgan fingerprint density at radius 2 is 1.94 bits per heavy atom. The Hall–Kier alpha value is -1.01. The highest BCUT2D eigenvalue weighted by molar-refractivity contribution is 9.10. The monoisotopic (exact) mass is 304 g/mol. The van der Waals surface area contributed by atoms with Crippen LogP contribution in [-0.4, -0.2) is 18.5 Å². The molecule has 0 radical (unpaired) electrons. The fourth-order valence-electron chi connectivity index (χ4n) is 1.92. The number of halogens is 3. The third-order valence-electron chi connectivity index (χ3n) is 2.73. The van der Waals surface area contributed by atoms with Crippen LogP contribution in [0.25, 0.3) is 0 Å². The number of amides is 1. The second kappa shape index (κ2) is 4.70. The summed E-state index contributed by atoms with van der Waals surface area (Å²) in [6, 6.07) is 1.59. The molecule has 0 aromatic heterocycles. The van der Waals surface area contributed by atoms with Crippen molar-refractivity contribution in [2.45, 2.75) is 18.9 Å². The molecule has 1 heterocycles. The van der Waals surface area contributed by atoms with E-state index in [-0.39, 0.29) is 5.69 Å². The summed E-state index contributed by atoms with van der Waals surface area (Å²) < 4.78 is 27.7. The van der Waals surface area contributed by atoms with E-state index in [4.69, 9.17) is 5.73 Å². The predicted octanol–water partition coefficient (Wildman–Crippen LogP) is 2.18. The Kier molecular flexibility index (Phi) is 3.44. The van der Waals surface area contributed by atoms with Crippen LogP contribution in [0, 0.1) is 11.6 Å². The van der Waals surface area contributed by atoms with Crippen LogP contribution in [0.1, 0.15) is 12.8 Å². The quantitative estimate of drug-likeness (QED) is 0.864. The van der Waals surface area contributed by atoms with Gasteiger partial charge in [0.25, 0.3) is 0 Å². The predicted molar refractivity (Wildman–Crippen MR) is 63.6 cm³/mol. The summed E-state index contributed by atoms with van der Waals surface area (Å²) in [7, 11) is 0. The molecule has 92 valence electrons. The van der Waals surface area contributed by atoms with E-state index in [0.29, 0.717) is 23.9 Å². The molecule has 1 aromatic carbocycles. The lowest BCUT2D eigenvalue weighted by Gasteiger charge is -2.30. The average molecular weight is 305 g/mol. The fraction of sp³-hybridized carbons (Fsp3) is 0.364. The van der Waals surface area contributed by atoms with E-state index in [9.17, 15) is 13.6 Å². The van der Waals surface area contributed by atoms with E-state index in [1.54, 1.807) is 0 Å². The SMILES string of the molecule is NC1CCCN(c2c(F)cc(Br)cc2F)C1=O. The minimum Gasteiger partial charge on any atom is -0.320 e. The van der Waals surface area contributed by atoms with Crippen LogP contribution >= 0.6 is 15.9 Å². The van der Waals surface area contributed by atoms with Crippen LogP contribution in [0.2, 0.25) is 0 Å². The van der Waals surface area contributed by atoms with Crippen molar-refractivity contribution in [1.82, 2.24) is 0 Å². The van der Waals surface area contributed by atoms with Crippen LogP contribution in [0.15, 0.2) is 16.6 Å². The number of piperidine rings is 1. The number of hydrogen-bond acceptors (Lipinski definition) is 2. The molecular formula is C11H11BrF2N2O. The maximum atomic E-state index is 13.7. The van der Waals surface area contributed by atoms with Gasteiger partial charge in [0.2, 0.25) is 5.91 Å². The van der Waals surface area contributed by atoms with Gasteiger partial charge in [-0.1, -0.05) is 15.9 Å². The number of nitrogens with zero attached hydrogens (tertiary/aromatic N) is 1. The van der Waals surface area contributed by atoms with Crippen LogP contribution in [0.5, 0.6) is 0 Å². The standard InChI is InChI=1S/C11H11BrF2N2O/c12-6-4-7(13)10(8(14)5-6)16-3-1-2-9(15)11(16)17/h4-5,9H,1-3,15H2. The maximum Gasteiger partial charge on any atom is 0.244 e. The zero-order chi connectivity index (χ0) is 12.6. The summed E-state index contributed by atoms with van der Waals surface area (Å²) in [5.74, 6) is -1.96. The summed E-state index contributed by atoms with van der Waals surface area (Å²) >= 11 is 2.99. The second-order valence-electron chi connectivity index (χ2n) is 3.96. The van der Waals surface area contributed by atoms with Crippen LogP contribution in [0.3, 0.4) is 0 Å². The molecule has 1 saturated heterocycles. The molecule has 0 bridgehead atoms. The van der Waals surface area contributed by atoms with Crippen molar-refractivity contribution in [1.29, 1.82) is 0 Å². The number of rotatable bonds is 1. The molecule has 1 amide bonds. The highest BCUT2D eigenvalue weighted by atomic mass is 79.9. The lowest BCUT2D eigenvalue weighted by Crippen LogP contribution is -2.49. The van der Waals surface area contributed by atoms with Crippen molar-refractivity contribution < 1.29 is 13.6 Å². The number of benzene rings is 1. The van der Waals surface area contributed by atoms with E-state index in [1.165, 1.54) is 0 Å². The largest absolute Gasteiger partial charge is 0.320 e. The van der Waals surface area contributed by atoms with Crippen LogP contribution in [-0.2, 0) is 4.79 Å². The van der Waals surface area contributed by atoms with Crippen molar-refractivity contribution in [3.63, 3.8) is 0 Å². The highest BCUT2D eigenvalue weighted by Crippen LogP contribution is 2.29. The Labute approximate surface area is 106 Å². The number of nitrogens with two attached hydrogens (primary N) is 1. The first kappa shape index (κ1) is 12.4. The molecule has 1 unspecified atom stereocenters. The molecule has 1 fully saturated rings. The molecule has 0 saturated carbocycles. The maximum absolute atomic E-state index is 13.7. The summed E-state index contributed by atoms with van der Waals surface area (Å²) in [6.07, 6.45) is 1.19. The minimum absolute atomic E-state index is 0.294. The van der Waals surface area contributed by atoms with Gasteiger partial charge in [0.1, 0.15) is 5.69 Å². The Balaban J connectivity index is 2.43. The third kappa shape index (κ3) is 2.32. The molecule has 3 nitrogen and oxygen atoms in total. The summed E-state index contributed by atoms with van der Waals surface area (Å²) in [6.45, 7) is 0.294. The molecule has 2 N–H and O–H groups in total. The first-order valence-corrected chi connectivity index (χ1v) is 6.01. The lowest BCUT2D eigenvalue weighted by atomic mass is 10.0. The van der Waals surface area contributed by atoms with Gasteiger partial charge in [0.05, 0.1) is 6.04 Å². The van der Waals surface area contributed by atoms with Gasteiger partial charge in [-0.15, -0.1) is 0 Å². The van der Waals surface area contributed by atoms with Crippen molar-refractivity contribution in [3.05, 3.63) is 28.2 Å². The normalized spacial score (nSPS) is 20.8. The molecule has 1 aliphatic rings. The van der Waals surface area contributed by atoms with E-state index >= 15 is 0 Å². The molecule has 0 aliphatic carbocycles. The molecule has 1 atom stereocenters. The molecule has 17 heavy (non-hydrogen) atoms. The highest BCUT2D eigenvalue weighted by Gasteiger charge is 2.30. The fourth-order valence-corrected chi connectivity index (χ4v) is 2.32. The number of carbonyl (C=O) groups excluding carboxylic acids is 1. The molecule has 6 heteroatoms. The Morgan fingerprint density at radius 1 is 1.35 bits per heavy atom. The lowest BCUT2D eigenvalue weighted by molar-refractivity contribution is -0.120. The summed E-state index contributed by atoms with van der Waals surface area (Å²) in [5, 5.41) is 0. The Morgan fingerprint density at radius 3 is 2.53 bits per heavy atom. The third-order valence-corrected chi connectivity index (χ3v) is 3.19. The molecule has 2 rings (SSSR count). The molecular weight excluding hydrogens is 294 g/mol. The average Bonchev–Trinajstić information content (AvgIpc) is 2.23. The zero-order valence-electron chi connectivity index (χ0n) is 8.92. The van der Waals surface area contributed by atoms with Gasteiger partial charge >= 0.3 is 0 Å². The van der Waals surface area contributed by atoms with Gasteiger partial charge < -0.3 is 10.6 Å². The topological polar surface area (TPSA) is 46.3 Å². The van der Waals surface area contributed by atoms with Crippen LogP contribution in [0.4, 0.5) is 14.5 Å². The number of carbonyl (C=O) groups is 1. The van der Waals surface area contributed by atoms with Gasteiger partial charge in [-0.2, -0.15) is 0 Å². The number of anilines is 1. The van der Waals surface area contributed by atoms with Crippen molar-refractivity contribution >= 4 is 27.5 Å². The van der Waals surface area contributed by atoms with Gasteiger partial charge in [-0.05, 0) is 25.0 Å². The van der Waals surface area contributed by atoms with Crippen molar-refractivity contribution in [3.8, 4) is 0 Å². The molecule has 1 aromatic rings. The van der Waals surface area contributed by atoms with E-state index in [2.05, 4.69) is 15.9 Å². The summed E-state index contributed by atoms with van der Waals surface area (Å²) in [5.41, 5.74) is 5.28. The van der Waals surface area contributed by atoms with E-state index in [0.717, 1.165) is 17.0 Å². The smallest absolute Gasteiger partial charge is 0.244 e. The second-order valence-corrected chi connectivity index (χ2v) is 4.87. The first-order chi connectivity index (χ1) is 8.00. The van der Waals surface area contributed by atoms with E-state index in [1.807, 2.05) is 0 Å². The first-order valence-electron chi connectivity index (χ1n) is 5.22. The van der Waals surface area contributed by atoms with Gasteiger partial charge in [-0.25, -0.2) is 8.78 Å². The molecule has 1 aliphatic heterocycles.